The summed E-state index contributed by atoms with van der Waals surface area (Å²) in [6.45, 7) is 0. The van der Waals surface area contributed by atoms with Gasteiger partial charge in [0.1, 0.15) is 0 Å². The lowest BCUT2D eigenvalue weighted by Crippen LogP contribution is -2.36. The lowest BCUT2D eigenvalue weighted by Gasteiger charge is -2.08. The van der Waals surface area contributed by atoms with Crippen molar-refractivity contribution < 1.29 is 0 Å². The van der Waals surface area contributed by atoms with Crippen LogP contribution < -0.4 is 11.4 Å². The van der Waals surface area contributed by atoms with Gasteiger partial charge in [-0.2, -0.15) is 4.98 Å². The van der Waals surface area contributed by atoms with Crippen molar-refractivity contribution in [3.05, 3.63) is 49.2 Å². The number of hydrogen-bond acceptors (Lipinski definition) is 4. The number of halogens is 2. The van der Waals surface area contributed by atoms with Gasteiger partial charge in [-0.25, -0.2) is 14.2 Å². The molecule has 94 valence electrons. The quantitative estimate of drug-likeness (QED) is 0.861. The highest BCUT2D eigenvalue weighted by molar-refractivity contribution is 7.98. The molecule has 0 aliphatic rings. The largest absolute Gasteiger partial charge is 0.358 e. The Morgan fingerprint density at radius 1 is 1.28 bits per heavy atom. The second-order valence-electron chi connectivity index (χ2n) is 3.24. The molecule has 0 aliphatic heterocycles. The maximum atomic E-state index is 11.9. The number of hydrogen-bond donors (Lipinski definition) is 1. The summed E-state index contributed by atoms with van der Waals surface area (Å²) in [5.41, 5.74) is -1.22. The van der Waals surface area contributed by atoms with Gasteiger partial charge in [0.2, 0.25) is 0 Å². The second-order valence-corrected chi connectivity index (χ2v) is 4.85. The van der Waals surface area contributed by atoms with E-state index in [1.165, 1.54) is 12.1 Å². The minimum Gasteiger partial charge on any atom is -0.286 e. The number of thioether (sulfide) groups is 1. The minimum atomic E-state index is -0.724. The minimum absolute atomic E-state index is 0.132. The van der Waals surface area contributed by atoms with Crippen LogP contribution in [0.25, 0.3) is 5.69 Å². The van der Waals surface area contributed by atoms with Crippen molar-refractivity contribution in [2.24, 2.45) is 0 Å². The molecule has 2 aromatic rings. The van der Waals surface area contributed by atoms with E-state index in [4.69, 9.17) is 23.2 Å². The Balaban J connectivity index is 2.81. The number of rotatable bonds is 2. The van der Waals surface area contributed by atoms with Crippen molar-refractivity contribution in [3.63, 3.8) is 0 Å². The molecule has 1 aromatic heterocycles. The highest BCUT2D eigenvalue weighted by Crippen LogP contribution is 2.26. The Morgan fingerprint density at radius 2 is 1.89 bits per heavy atom. The smallest absolute Gasteiger partial charge is 0.286 e. The Morgan fingerprint density at radius 3 is 2.39 bits per heavy atom. The highest BCUT2D eigenvalue weighted by atomic mass is 35.5. The van der Waals surface area contributed by atoms with E-state index in [1.807, 2.05) is 0 Å². The summed E-state index contributed by atoms with van der Waals surface area (Å²) in [4.78, 5) is 29.9. The van der Waals surface area contributed by atoms with Gasteiger partial charge >= 0.3 is 11.4 Å². The third-order valence-corrected chi connectivity index (χ3v) is 3.35. The van der Waals surface area contributed by atoms with Gasteiger partial charge in [-0.1, -0.05) is 41.0 Å². The molecular weight excluding hydrogens is 297 g/mol. The van der Waals surface area contributed by atoms with Crippen LogP contribution in [0.1, 0.15) is 0 Å². The predicted octanol–water partition coefficient (Wildman–Crippen LogP) is 1.95. The van der Waals surface area contributed by atoms with Crippen molar-refractivity contribution in [1.82, 2.24) is 14.5 Å². The molecule has 0 saturated carbocycles. The van der Waals surface area contributed by atoms with Crippen LogP contribution in [0.15, 0.2) is 32.9 Å². The summed E-state index contributed by atoms with van der Waals surface area (Å²) in [5.74, 6) is 0. The monoisotopic (exact) mass is 303 g/mol. The molecule has 2 rings (SSSR count). The van der Waals surface area contributed by atoms with Crippen LogP contribution in [-0.2, 0) is 0 Å². The zero-order valence-electron chi connectivity index (χ0n) is 9.11. The highest BCUT2D eigenvalue weighted by Gasteiger charge is 2.14. The summed E-state index contributed by atoms with van der Waals surface area (Å²) >= 11 is 13.1. The Bertz CT molecular complexity index is 659. The summed E-state index contributed by atoms with van der Waals surface area (Å²) < 4.78 is 0.810. The number of nitrogens with one attached hydrogen (secondary N) is 1. The molecule has 0 unspecified atom stereocenters. The molecule has 1 N–H and O–H groups in total. The fourth-order valence-corrected chi connectivity index (χ4v) is 2.32. The van der Waals surface area contributed by atoms with Gasteiger partial charge in [-0.15, -0.1) is 0 Å². The first-order valence-corrected chi connectivity index (χ1v) is 6.74. The van der Waals surface area contributed by atoms with Crippen molar-refractivity contribution in [1.29, 1.82) is 0 Å². The number of nitrogens with zero attached hydrogens (tertiary/aromatic N) is 2. The third kappa shape index (κ3) is 2.31. The molecule has 0 spiro atoms. The second kappa shape index (κ2) is 5.17. The summed E-state index contributed by atoms with van der Waals surface area (Å²) in [7, 11) is 0. The predicted molar refractivity (Wildman–Crippen MR) is 72.3 cm³/mol. The number of benzene rings is 1. The van der Waals surface area contributed by atoms with Crippen molar-refractivity contribution in [2.75, 3.05) is 6.26 Å². The van der Waals surface area contributed by atoms with Crippen LogP contribution in [0.2, 0.25) is 10.0 Å². The average Bonchev–Trinajstić information content (AvgIpc) is 2.31. The normalized spacial score (nSPS) is 10.6. The standard InChI is InChI=1S/C10H7Cl2N3O2S/c1-18-8-13-9(16)15(10(17)14-8)7-5(11)3-2-4-6(7)12/h2-4H,1H3,(H,13,14,16,17). The van der Waals surface area contributed by atoms with Gasteiger partial charge < -0.3 is 0 Å². The first-order chi connectivity index (χ1) is 8.54. The fraction of sp³-hybridized carbons (Fsp3) is 0.100. The lowest BCUT2D eigenvalue weighted by atomic mass is 10.3. The van der Waals surface area contributed by atoms with E-state index in [-0.39, 0.29) is 20.9 Å². The van der Waals surface area contributed by atoms with Crippen molar-refractivity contribution in [3.8, 4) is 5.69 Å². The van der Waals surface area contributed by atoms with E-state index in [9.17, 15) is 9.59 Å². The van der Waals surface area contributed by atoms with Crippen LogP contribution in [0.4, 0.5) is 0 Å². The fourth-order valence-electron chi connectivity index (χ4n) is 1.40. The molecule has 0 atom stereocenters. The van der Waals surface area contributed by atoms with Crippen LogP contribution >= 0.6 is 35.0 Å². The zero-order valence-corrected chi connectivity index (χ0v) is 11.4. The first-order valence-electron chi connectivity index (χ1n) is 4.76. The summed E-state index contributed by atoms with van der Waals surface area (Å²) in [6, 6.07) is 4.70. The topological polar surface area (TPSA) is 67.8 Å². The van der Waals surface area contributed by atoms with E-state index < -0.39 is 11.4 Å². The van der Waals surface area contributed by atoms with Crippen LogP contribution in [0, 0.1) is 0 Å². The molecular formula is C10H7Cl2N3O2S. The van der Waals surface area contributed by atoms with Crippen molar-refractivity contribution in [2.45, 2.75) is 5.16 Å². The maximum absolute atomic E-state index is 11.9. The van der Waals surface area contributed by atoms with Gasteiger partial charge in [0, 0.05) is 0 Å². The summed E-state index contributed by atoms with van der Waals surface area (Å²) in [5, 5.41) is 0.645. The molecule has 5 nitrogen and oxygen atoms in total. The van der Waals surface area contributed by atoms with Gasteiger partial charge in [0.15, 0.2) is 5.16 Å². The molecule has 0 bridgehead atoms. The maximum Gasteiger partial charge on any atom is 0.358 e. The molecule has 8 heteroatoms. The number of para-hydroxylation sites is 1. The molecule has 1 aromatic carbocycles. The van der Waals surface area contributed by atoms with Gasteiger partial charge in [0.05, 0.1) is 15.7 Å². The molecule has 0 aliphatic carbocycles. The van der Waals surface area contributed by atoms with E-state index in [1.54, 1.807) is 12.3 Å². The van der Waals surface area contributed by atoms with Crippen LogP contribution in [-0.4, -0.2) is 20.8 Å². The molecule has 0 amide bonds. The third-order valence-electron chi connectivity index (χ3n) is 2.16. The number of aromatic nitrogens is 3. The SMILES string of the molecule is CSc1nc(=O)n(-c2c(Cl)cccc2Cl)c(=O)[nH]1. The van der Waals surface area contributed by atoms with Gasteiger partial charge in [0.25, 0.3) is 0 Å². The van der Waals surface area contributed by atoms with E-state index in [2.05, 4.69) is 9.97 Å². The van der Waals surface area contributed by atoms with E-state index in [0.29, 0.717) is 0 Å². The molecule has 0 fully saturated rings. The van der Waals surface area contributed by atoms with Crippen LogP contribution in [0.5, 0.6) is 0 Å². The summed E-state index contributed by atoms with van der Waals surface area (Å²) in [6.07, 6.45) is 1.70. The Hall–Kier alpha value is -1.24. The average molecular weight is 304 g/mol. The van der Waals surface area contributed by atoms with Gasteiger partial charge in [-0.05, 0) is 18.4 Å². The zero-order chi connectivity index (χ0) is 13.3. The molecule has 1 heterocycles. The molecule has 18 heavy (non-hydrogen) atoms. The number of H-pyrrole nitrogens is 1. The van der Waals surface area contributed by atoms with E-state index >= 15 is 0 Å². The van der Waals surface area contributed by atoms with Crippen molar-refractivity contribution >= 4 is 35.0 Å². The van der Waals surface area contributed by atoms with Crippen LogP contribution in [0.3, 0.4) is 0 Å². The van der Waals surface area contributed by atoms with Gasteiger partial charge in [-0.3, -0.25) is 4.98 Å². The lowest BCUT2D eigenvalue weighted by molar-refractivity contribution is 0.743. The Labute approximate surface area is 116 Å². The number of aromatic amines is 1. The molecule has 0 radical (unpaired) electrons. The molecule has 0 saturated heterocycles. The Kier molecular flexibility index (Phi) is 3.79. The first kappa shape index (κ1) is 13.2. The van der Waals surface area contributed by atoms with E-state index in [0.717, 1.165) is 16.3 Å².